The third-order valence-electron chi connectivity index (χ3n) is 3.18. The second-order valence-electron chi connectivity index (χ2n) is 4.28. The lowest BCUT2D eigenvalue weighted by atomic mass is 10.2. The molecule has 0 aliphatic carbocycles. The van der Waals surface area contributed by atoms with Crippen LogP contribution in [0.5, 0.6) is 0 Å². The van der Waals surface area contributed by atoms with E-state index in [-0.39, 0.29) is 6.04 Å². The van der Waals surface area contributed by atoms with Crippen LogP contribution >= 0.6 is 22.6 Å². The van der Waals surface area contributed by atoms with Crippen LogP contribution in [0.1, 0.15) is 13.3 Å². The van der Waals surface area contributed by atoms with Gasteiger partial charge in [0.05, 0.1) is 12.1 Å². The van der Waals surface area contributed by atoms with Gasteiger partial charge in [-0.2, -0.15) is 5.26 Å². The highest BCUT2D eigenvalue weighted by molar-refractivity contribution is 14.1. The van der Waals surface area contributed by atoms with Crippen molar-refractivity contribution in [2.24, 2.45) is 0 Å². The summed E-state index contributed by atoms with van der Waals surface area (Å²) in [5.74, 6) is 0.792. The van der Waals surface area contributed by atoms with Gasteiger partial charge in [-0.3, -0.25) is 4.90 Å². The van der Waals surface area contributed by atoms with E-state index in [0.717, 1.165) is 42.1 Å². The average Bonchev–Trinajstić information content (AvgIpc) is 2.42. The van der Waals surface area contributed by atoms with Crippen LogP contribution in [0.25, 0.3) is 0 Å². The normalized spacial score (nSPS) is 18.4. The molecule has 1 aliphatic rings. The highest BCUT2D eigenvalue weighted by Gasteiger charge is 2.23. The van der Waals surface area contributed by atoms with Gasteiger partial charge in [0.25, 0.3) is 0 Å². The first-order valence-electron chi connectivity index (χ1n) is 6.10. The molecule has 96 valence electrons. The van der Waals surface area contributed by atoms with Crippen molar-refractivity contribution in [1.29, 1.82) is 5.26 Å². The molecular formula is C12H16IN5. The van der Waals surface area contributed by atoms with Crippen molar-refractivity contribution in [2.75, 3.05) is 31.1 Å². The molecule has 18 heavy (non-hydrogen) atoms. The molecule has 1 atom stereocenters. The smallest absolute Gasteiger partial charge is 0.225 e. The fourth-order valence-corrected chi connectivity index (χ4v) is 2.41. The molecule has 2 rings (SSSR count). The largest absolute Gasteiger partial charge is 0.338 e. The van der Waals surface area contributed by atoms with Gasteiger partial charge in [-0.15, -0.1) is 0 Å². The number of nitriles is 1. The minimum Gasteiger partial charge on any atom is -0.338 e. The fraction of sp³-hybridized carbons (Fsp3) is 0.583. The molecule has 1 aliphatic heterocycles. The van der Waals surface area contributed by atoms with Gasteiger partial charge >= 0.3 is 0 Å². The molecule has 0 bridgehead atoms. The zero-order valence-electron chi connectivity index (χ0n) is 10.4. The van der Waals surface area contributed by atoms with Gasteiger partial charge in [-0.1, -0.05) is 6.92 Å². The minimum absolute atomic E-state index is 0.0461. The number of rotatable bonds is 3. The monoisotopic (exact) mass is 357 g/mol. The Balaban J connectivity index is 1.94. The van der Waals surface area contributed by atoms with E-state index < -0.39 is 0 Å². The molecule has 6 heteroatoms. The lowest BCUT2D eigenvalue weighted by molar-refractivity contribution is 0.215. The zero-order chi connectivity index (χ0) is 13.0. The summed E-state index contributed by atoms with van der Waals surface area (Å²) in [6.07, 6.45) is 4.55. The molecule has 5 nitrogen and oxygen atoms in total. The van der Waals surface area contributed by atoms with Gasteiger partial charge in [0.2, 0.25) is 5.95 Å². The molecule has 1 saturated heterocycles. The summed E-state index contributed by atoms with van der Waals surface area (Å²) < 4.78 is 1.05. The second-order valence-corrected chi connectivity index (χ2v) is 5.52. The first kappa shape index (κ1) is 13.5. The number of aromatic nitrogens is 2. The highest BCUT2D eigenvalue weighted by atomic mass is 127. The van der Waals surface area contributed by atoms with Gasteiger partial charge in [0.15, 0.2) is 0 Å². The van der Waals surface area contributed by atoms with Crippen LogP contribution in [-0.2, 0) is 0 Å². The Morgan fingerprint density at radius 1 is 1.33 bits per heavy atom. The number of hydrogen-bond acceptors (Lipinski definition) is 5. The van der Waals surface area contributed by atoms with Crippen LogP contribution in [-0.4, -0.2) is 47.1 Å². The topological polar surface area (TPSA) is 56.1 Å². The van der Waals surface area contributed by atoms with Gasteiger partial charge in [0.1, 0.15) is 0 Å². The minimum atomic E-state index is 0.0461. The number of nitrogens with zero attached hydrogens (tertiary/aromatic N) is 5. The lowest BCUT2D eigenvalue weighted by Crippen LogP contribution is -2.50. The van der Waals surface area contributed by atoms with Crippen molar-refractivity contribution in [1.82, 2.24) is 14.9 Å². The molecule has 0 amide bonds. The van der Waals surface area contributed by atoms with Crippen molar-refractivity contribution >= 4 is 28.5 Å². The number of halogens is 1. The van der Waals surface area contributed by atoms with Crippen LogP contribution < -0.4 is 4.90 Å². The highest BCUT2D eigenvalue weighted by Crippen LogP contribution is 2.14. The van der Waals surface area contributed by atoms with E-state index in [2.05, 4.69) is 55.4 Å². The number of piperazine rings is 1. The summed E-state index contributed by atoms with van der Waals surface area (Å²) in [4.78, 5) is 13.1. The molecule has 0 saturated carbocycles. The first-order chi connectivity index (χ1) is 8.74. The molecule has 1 aromatic heterocycles. The van der Waals surface area contributed by atoms with Crippen LogP contribution in [0, 0.1) is 14.9 Å². The van der Waals surface area contributed by atoms with Gasteiger partial charge in [-0.25, -0.2) is 9.97 Å². The van der Waals surface area contributed by atoms with Gasteiger partial charge in [0, 0.05) is 42.1 Å². The molecule has 1 unspecified atom stereocenters. The zero-order valence-corrected chi connectivity index (χ0v) is 12.5. The van der Waals surface area contributed by atoms with Crippen molar-refractivity contribution < 1.29 is 0 Å². The Morgan fingerprint density at radius 2 is 1.94 bits per heavy atom. The van der Waals surface area contributed by atoms with Crippen molar-refractivity contribution in [2.45, 2.75) is 19.4 Å². The van der Waals surface area contributed by atoms with Crippen LogP contribution in [0.2, 0.25) is 0 Å². The van der Waals surface area contributed by atoms with E-state index in [9.17, 15) is 0 Å². The summed E-state index contributed by atoms with van der Waals surface area (Å²) in [5.41, 5.74) is 0. The maximum absolute atomic E-state index is 9.06. The average molecular weight is 357 g/mol. The van der Waals surface area contributed by atoms with E-state index in [0.29, 0.717) is 0 Å². The standard InChI is InChI=1S/C12H16IN5/c1-2-11(7-14)17-3-5-18(6-4-17)12-15-8-10(13)9-16-12/h8-9,11H,2-6H2,1H3. The maximum Gasteiger partial charge on any atom is 0.225 e. The van der Waals surface area contributed by atoms with Gasteiger partial charge in [-0.05, 0) is 29.0 Å². The SMILES string of the molecule is CCC(C#N)N1CCN(c2ncc(I)cn2)CC1. The Kier molecular flexibility index (Phi) is 4.72. The Bertz CT molecular complexity index is 419. The summed E-state index contributed by atoms with van der Waals surface area (Å²) in [7, 11) is 0. The van der Waals surface area contributed by atoms with Gasteiger partial charge < -0.3 is 4.90 Å². The van der Waals surface area contributed by atoms with Crippen molar-refractivity contribution in [3.05, 3.63) is 16.0 Å². The molecule has 1 aromatic rings. The second kappa shape index (κ2) is 6.29. The molecular weight excluding hydrogens is 341 g/mol. The third kappa shape index (κ3) is 3.09. The van der Waals surface area contributed by atoms with E-state index in [1.165, 1.54) is 0 Å². The molecule has 0 spiro atoms. The fourth-order valence-electron chi connectivity index (χ4n) is 2.13. The van der Waals surface area contributed by atoms with E-state index in [4.69, 9.17) is 5.26 Å². The molecule has 0 aromatic carbocycles. The van der Waals surface area contributed by atoms with Crippen molar-refractivity contribution in [3.63, 3.8) is 0 Å². The summed E-state index contributed by atoms with van der Waals surface area (Å²) in [5, 5.41) is 9.06. The first-order valence-corrected chi connectivity index (χ1v) is 7.18. The van der Waals surface area contributed by atoms with Crippen LogP contribution in [0.4, 0.5) is 5.95 Å². The van der Waals surface area contributed by atoms with Crippen LogP contribution in [0.3, 0.4) is 0 Å². The molecule has 1 fully saturated rings. The lowest BCUT2D eigenvalue weighted by Gasteiger charge is -2.36. The quantitative estimate of drug-likeness (QED) is 0.768. The summed E-state index contributed by atoms with van der Waals surface area (Å²) in [6, 6.07) is 2.40. The number of anilines is 1. The Morgan fingerprint density at radius 3 is 2.44 bits per heavy atom. The third-order valence-corrected chi connectivity index (χ3v) is 3.74. The predicted molar refractivity (Wildman–Crippen MR) is 78.2 cm³/mol. The summed E-state index contributed by atoms with van der Waals surface area (Å²) >= 11 is 2.20. The summed E-state index contributed by atoms with van der Waals surface area (Å²) in [6.45, 7) is 5.64. The van der Waals surface area contributed by atoms with E-state index in [1.807, 2.05) is 12.4 Å². The van der Waals surface area contributed by atoms with Crippen LogP contribution in [0.15, 0.2) is 12.4 Å². The molecule has 0 radical (unpaired) electrons. The molecule has 2 heterocycles. The Labute approximate surface area is 121 Å². The Hall–Kier alpha value is -0.940. The maximum atomic E-state index is 9.06. The molecule has 0 N–H and O–H groups in total. The van der Waals surface area contributed by atoms with E-state index in [1.54, 1.807) is 0 Å². The number of hydrogen-bond donors (Lipinski definition) is 0. The van der Waals surface area contributed by atoms with Crippen molar-refractivity contribution in [3.8, 4) is 6.07 Å². The predicted octanol–water partition coefficient (Wildman–Crippen LogP) is 1.51. The van der Waals surface area contributed by atoms with E-state index >= 15 is 0 Å².